The average Bonchev–Trinajstić information content (AvgIpc) is 3.39. The van der Waals surface area contributed by atoms with Gasteiger partial charge in [0.05, 0.1) is 23.2 Å². The van der Waals surface area contributed by atoms with Crippen molar-refractivity contribution in [3.8, 4) is 23.0 Å². The van der Waals surface area contributed by atoms with Gasteiger partial charge in [-0.3, -0.25) is 4.57 Å². The van der Waals surface area contributed by atoms with E-state index in [-0.39, 0.29) is 6.01 Å². The predicted octanol–water partition coefficient (Wildman–Crippen LogP) is 3.23. The summed E-state index contributed by atoms with van der Waals surface area (Å²) in [6, 6.07) is 15.5. The summed E-state index contributed by atoms with van der Waals surface area (Å²) in [7, 11) is 1.65. The lowest BCUT2D eigenvalue weighted by Gasteiger charge is -2.07. The van der Waals surface area contributed by atoms with E-state index >= 15 is 0 Å². The highest BCUT2D eigenvalue weighted by Crippen LogP contribution is 2.26. The first-order valence-corrected chi connectivity index (χ1v) is 9.31. The summed E-state index contributed by atoms with van der Waals surface area (Å²) in [5.41, 5.74) is 8.91. The Bertz CT molecular complexity index is 1340. The van der Waals surface area contributed by atoms with Crippen LogP contribution >= 0.6 is 0 Å². The molecular weight excluding hydrogens is 384 g/mol. The maximum atomic E-state index is 5.66. The number of benzene rings is 2. The first-order chi connectivity index (χ1) is 14.7. The van der Waals surface area contributed by atoms with Crippen LogP contribution in [0.4, 0.5) is 6.01 Å². The molecule has 9 heteroatoms. The number of anilines is 1. The maximum Gasteiger partial charge on any atom is 0.313 e. The minimum Gasteiger partial charge on any atom is -0.491 e. The molecule has 150 valence electrons. The van der Waals surface area contributed by atoms with Crippen LogP contribution < -0.4 is 10.5 Å². The molecule has 0 spiro atoms. The molecule has 0 bridgehead atoms. The van der Waals surface area contributed by atoms with Gasteiger partial charge in [-0.15, -0.1) is 5.10 Å². The molecule has 5 aromatic rings. The van der Waals surface area contributed by atoms with Gasteiger partial charge in [-0.05, 0) is 42.5 Å². The molecule has 0 aliphatic carbocycles. The zero-order chi connectivity index (χ0) is 20.5. The van der Waals surface area contributed by atoms with Gasteiger partial charge in [0.25, 0.3) is 0 Å². The highest BCUT2D eigenvalue weighted by atomic mass is 16.5. The van der Waals surface area contributed by atoms with E-state index in [0.717, 1.165) is 39.1 Å². The molecule has 0 unspecified atom stereocenters. The monoisotopic (exact) mass is 402 g/mol. The molecular formula is C21H18N6O3. The van der Waals surface area contributed by atoms with Crippen LogP contribution in [-0.4, -0.2) is 45.1 Å². The second-order valence-electron chi connectivity index (χ2n) is 6.63. The van der Waals surface area contributed by atoms with Gasteiger partial charge in [0.2, 0.25) is 5.89 Å². The fourth-order valence-electron chi connectivity index (χ4n) is 3.24. The van der Waals surface area contributed by atoms with E-state index in [2.05, 4.69) is 15.2 Å². The van der Waals surface area contributed by atoms with Gasteiger partial charge >= 0.3 is 6.01 Å². The Hall–Kier alpha value is -3.98. The standard InChI is InChI=1S/C21H18N6O3/c1-28-8-9-29-15-4-6-18-17(11-15)23-12-27(18)19-7-3-13-10-14(2-5-16(13)24-19)20-25-26-21(22)30-20/h2-7,10-12H,8-9H2,1H3,(H2,22,26). The third kappa shape index (κ3) is 3.31. The number of nitrogen functional groups attached to an aromatic ring is 1. The van der Waals surface area contributed by atoms with Crippen molar-refractivity contribution < 1.29 is 13.9 Å². The number of pyridine rings is 1. The number of hydrogen-bond acceptors (Lipinski definition) is 8. The lowest BCUT2D eigenvalue weighted by Crippen LogP contribution is -2.04. The zero-order valence-electron chi connectivity index (χ0n) is 16.1. The van der Waals surface area contributed by atoms with Crippen molar-refractivity contribution in [2.24, 2.45) is 0 Å². The molecule has 0 aliphatic rings. The van der Waals surface area contributed by atoms with Crippen LogP contribution in [0, 0.1) is 0 Å². The summed E-state index contributed by atoms with van der Waals surface area (Å²) < 4.78 is 17.9. The second-order valence-corrected chi connectivity index (χ2v) is 6.63. The van der Waals surface area contributed by atoms with Crippen LogP contribution in [0.1, 0.15) is 0 Å². The molecule has 0 radical (unpaired) electrons. The summed E-state index contributed by atoms with van der Waals surface area (Å²) in [6.45, 7) is 1.03. The minimum absolute atomic E-state index is 0.0396. The van der Waals surface area contributed by atoms with E-state index in [0.29, 0.717) is 19.1 Å². The third-order valence-electron chi connectivity index (χ3n) is 4.68. The van der Waals surface area contributed by atoms with E-state index in [1.807, 2.05) is 53.1 Å². The Morgan fingerprint density at radius 3 is 2.77 bits per heavy atom. The molecule has 0 saturated heterocycles. The van der Waals surface area contributed by atoms with Crippen molar-refractivity contribution in [3.05, 3.63) is 54.9 Å². The summed E-state index contributed by atoms with van der Waals surface area (Å²) in [6.07, 6.45) is 1.76. The molecule has 5 rings (SSSR count). The largest absolute Gasteiger partial charge is 0.491 e. The van der Waals surface area contributed by atoms with Gasteiger partial charge in [-0.2, -0.15) is 0 Å². The van der Waals surface area contributed by atoms with Crippen molar-refractivity contribution >= 4 is 28.0 Å². The van der Waals surface area contributed by atoms with Crippen LogP contribution in [0.5, 0.6) is 5.75 Å². The highest BCUT2D eigenvalue weighted by Gasteiger charge is 2.10. The van der Waals surface area contributed by atoms with Crippen LogP contribution in [0.2, 0.25) is 0 Å². The Morgan fingerprint density at radius 1 is 1.00 bits per heavy atom. The molecule has 9 nitrogen and oxygen atoms in total. The number of rotatable bonds is 6. The Balaban J connectivity index is 1.47. The van der Waals surface area contributed by atoms with Gasteiger partial charge in [0.1, 0.15) is 24.5 Å². The summed E-state index contributed by atoms with van der Waals surface area (Å²) in [5.74, 6) is 1.90. The lowest BCUT2D eigenvalue weighted by molar-refractivity contribution is 0.146. The Kier molecular flexibility index (Phi) is 4.49. The number of aromatic nitrogens is 5. The van der Waals surface area contributed by atoms with Crippen molar-refractivity contribution in [1.82, 2.24) is 24.7 Å². The SMILES string of the molecule is COCCOc1ccc2c(c1)ncn2-c1ccc2cc(-c3nnc(N)o3)ccc2n1. The van der Waals surface area contributed by atoms with Crippen LogP contribution in [0.15, 0.2) is 59.3 Å². The highest BCUT2D eigenvalue weighted by molar-refractivity contribution is 5.85. The normalized spacial score (nSPS) is 11.4. The first kappa shape index (κ1) is 18.1. The molecule has 3 aromatic heterocycles. The van der Waals surface area contributed by atoms with E-state index in [9.17, 15) is 0 Å². The number of imidazole rings is 1. The summed E-state index contributed by atoms with van der Waals surface area (Å²) >= 11 is 0. The molecule has 2 aromatic carbocycles. The molecule has 0 fully saturated rings. The van der Waals surface area contributed by atoms with Gasteiger partial charge in [-0.1, -0.05) is 5.10 Å². The van der Waals surface area contributed by atoms with E-state index in [1.54, 1.807) is 13.4 Å². The lowest BCUT2D eigenvalue weighted by atomic mass is 10.1. The number of nitrogens with two attached hydrogens (primary N) is 1. The van der Waals surface area contributed by atoms with Crippen molar-refractivity contribution in [2.45, 2.75) is 0 Å². The molecule has 3 heterocycles. The van der Waals surface area contributed by atoms with Crippen molar-refractivity contribution in [2.75, 3.05) is 26.1 Å². The van der Waals surface area contributed by atoms with Gasteiger partial charge < -0.3 is 19.6 Å². The summed E-state index contributed by atoms with van der Waals surface area (Å²) in [4.78, 5) is 9.27. The molecule has 2 N–H and O–H groups in total. The predicted molar refractivity (Wildman–Crippen MR) is 111 cm³/mol. The van der Waals surface area contributed by atoms with Crippen LogP contribution in [-0.2, 0) is 4.74 Å². The van der Waals surface area contributed by atoms with E-state index < -0.39 is 0 Å². The Labute approximate surface area is 171 Å². The topological polar surface area (TPSA) is 114 Å². The fourth-order valence-corrected chi connectivity index (χ4v) is 3.24. The Morgan fingerprint density at radius 2 is 1.93 bits per heavy atom. The molecule has 0 aliphatic heterocycles. The maximum absolute atomic E-state index is 5.66. The average molecular weight is 402 g/mol. The molecule has 0 atom stereocenters. The van der Waals surface area contributed by atoms with E-state index in [1.165, 1.54) is 0 Å². The van der Waals surface area contributed by atoms with Crippen molar-refractivity contribution in [1.29, 1.82) is 0 Å². The molecule has 0 saturated carbocycles. The molecule has 30 heavy (non-hydrogen) atoms. The van der Waals surface area contributed by atoms with Gasteiger partial charge in [-0.25, -0.2) is 9.97 Å². The van der Waals surface area contributed by atoms with E-state index in [4.69, 9.17) is 24.6 Å². The van der Waals surface area contributed by atoms with Crippen LogP contribution in [0.25, 0.3) is 39.2 Å². The molecule has 0 amide bonds. The number of ether oxygens (including phenoxy) is 2. The first-order valence-electron chi connectivity index (χ1n) is 9.31. The quantitative estimate of drug-likeness (QED) is 0.431. The smallest absolute Gasteiger partial charge is 0.313 e. The third-order valence-corrected chi connectivity index (χ3v) is 4.68. The summed E-state index contributed by atoms with van der Waals surface area (Å²) in [5, 5.41) is 8.57. The number of fused-ring (bicyclic) bond motifs is 2. The number of hydrogen-bond donors (Lipinski definition) is 1. The zero-order valence-corrected chi connectivity index (χ0v) is 16.1. The fraction of sp³-hybridized carbons (Fsp3) is 0.143. The van der Waals surface area contributed by atoms with Crippen LogP contribution in [0.3, 0.4) is 0 Å². The minimum atomic E-state index is 0.0396. The second kappa shape index (κ2) is 7.45. The van der Waals surface area contributed by atoms with Gasteiger partial charge in [0, 0.05) is 24.1 Å². The number of methoxy groups -OCH3 is 1. The van der Waals surface area contributed by atoms with Gasteiger partial charge in [0.15, 0.2) is 0 Å². The van der Waals surface area contributed by atoms with Crippen molar-refractivity contribution in [3.63, 3.8) is 0 Å². The number of nitrogens with zero attached hydrogens (tertiary/aromatic N) is 5.